The highest BCUT2D eigenvalue weighted by atomic mass is 16.7. The lowest BCUT2D eigenvalue weighted by molar-refractivity contribution is -0.163. The smallest absolute Gasteiger partial charge is 0.305 e. The van der Waals surface area contributed by atoms with Gasteiger partial charge in [-0.2, -0.15) is 0 Å². The van der Waals surface area contributed by atoms with Crippen LogP contribution in [-0.2, 0) is 38.1 Å². The zero-order chi connectivity index (χ0) is 39.2. The van der Waals surface area contributed by atoms with Crippen molar-refractivity contribution in [2.75, 3.05) is 39.6 Å². The normalized spacial score (nSPS) is 12.2. The lowest BCUT2D eigenvalue weighted by Gasteiger charge is -2.25. The van der Waals surface area contributed by atoms with Gasteiger partial charge >= 0.3 is 17.9 Å². The van der Waals surface area contributed by atoms with Crippen molar-refractivity contribution < 1.29 is 43.2 Å². The van der Waals surface area contributed by atoms with Gasteiger partial charge in [0.05, 0.1) is 45.6 Å². The molecular formula is C44H84O9. The summed E-state index contributed by atoms with van der Waals surface area (Å²) in [6.07, 6.45) is 24.9. The predicted molar refractivity (Wildman–Crippen MR) is 215 cm³/mol. The fraction of sp³-hybridized carbons (Fsp3) is 0.932. The zero-order valence-electron chi connectivity index (χ0n) is 35.2. The van der Waals surface area contributed by atoms with Crippen molar-refractivity contribution in [3.05, 3.63) is 0 Å². The van der Waals surface area contributed by atoms with Gasteiger partial charge in [0.15, 0.2) is 6.29 Å². The molecule has 0 aliphatic heterocycles. The molecule has 0 aromatic carbocycles. The molecule has 0 aromatic heterocycles. The Labute approximate surface area is 325 Å². The van der Waals surface area contributed by atoms with Crippen LogP contribution in [-0.4, -0.2) is 68.9 Å². The van der Waals surface area contributed by atoms with Gasteiger partial charge < -0.3 is 28.8 Å². The van der Waals surface area contributed by atoms with E-state index in [4.69, 9.17) is 23.7 Å². The van der Waals surface area contributed by atoms with E-state index in [0.29, 0.717) is 50.9 Å². The average Bonchev–Trinajstić information content (AvgIpc) is 3.15. The van der Waals surface area contributed by atoms with Gasteiger partial charge in [-0.1, -0.05) is 118 Å². The van der Waals surface area contributed by atoms with Crippen molar-refractivity contribution in [3.63, 3.8) is 0 Å². The number of ether oxygens (including phenoxy) is 5. The summed E-state index contributed by atoms with van der Waals surface area (Å²) in [5.74, 6) is -0.0352. The van der Waals surface area contributed by atoms with Crippen molar-refractivity contribution in [3.8, 4) is 0 Å². The summed E-state index contributed by atoms with van der Waals surface area (Å²) in [6, 6.07) is 0. The Morgan fingerprint density at radius 3 is 1.25 bits per heavy atom. The molecule has 0 saturated heterocycles. The highest BCUT2D eigenvalue weighted by Crippen LogP contribution is 2.20. The van der Waals surface area contributed by atoms with Crippen molar-refractivity contribution in [1.82, 2.24) is 0 Å². The number of aliphatic hydroxyl groups excluding tert-OH is 1. The minimum Gasteiger partial charge on any atom is -0.466 e. The molecule has 0 radical (unpaired) electrons. The highest BCUT2D eigenvalue weighted by molar-refractivity contribution is 5.70. The number of unbranched alkanes of at least 4 members (excludes halogenated alkanes) is 11. The van der Waals surface area contributed by atoms with Gasteiger partial charge in [-0.25, -0.2) is 0 Å². The van der Waals surface area contributed by atoms with Gasteiger partial charge in [0, 0.05) is 19.3 Å². The first-order valence-electron chi connectivity index (χ1n) is 22.1. The molecule has 0 heterocycles. The van der Waals surface area contributed by atoms with Crippen molar-refractivity contribution in [1.29, 1.82) is 0 Å². The number of carbonyl (C=O) groups is 3. The molecule has 0 rings (SSSR count). The lowest BCUT2D eigenvalue weighted by Crippen LogP contribution is -2.25. The largest absolute Gasteiger partial charge is 0.466 e. The van der Waals surface area contributed by atoms with E-state index < -0.39 is 5.92 Å². The van der Waals surface area contributed by atoms with E-state index in [-0.39, 0.29) is 50.4 Å². The highest BCUT2D eigenvalue weighted by Gasteiger charge is 2.18. The number of rotatable bonds is 40. The molecule has 0 saturated carbocycles. The summed E-state index contributed by atoms with van der Waals surface area (Å²) in [5.41, 5.74) is 0. The summed E-state index contributed by atoms with van der Waals surface area (Å²) < 4.78 is 28.7. The Kier molecular flexibility index (Phi) is 37.3. The number of hydrogen-bond acceptors (Lipinski definition) is 9. The third kappa shape index (κ3) is 33.4. The molecule has 0 aromatic rings. The Bertz CT molecular complexity index is 804. The Balaban J connectivity index is 4.17. The summed E-state index contributed by atoms with van der Waals surface area (Å²) in [6.45, 7) is 12.9. The van der Waals surface area contributed by atoms with Crippen molar-refractivity contribution >= 4 is 17.9 Å². The van der Waals surface area contributed by atoms with Crippen LogP contribution in [0.4, 0.5) is 0 Å². The van der Waals surface area contributed by atoms with Crippen molar-refractivity contribution in [2.24, 2.45) is 17.8 Å². The maximum Gasteiger partial charge on any atom is 0.305 e. The van der Waals surface area contributed by atoms with Gasteiger partial charge in [-0.05, 0) is 76.0 Å². The van der Waals surface area contributed by atoms with E-state index in [1.54, 1.807) is 0 Å². The molecule has 1 N–H and O–H groups in total. The first-order chi connectivity index (χ1) is 25.8. The summed E-state index contributed by atoms with van der Waals surface area (Å²) >= 11 is 0. The second-order valence-corrected chi connectivity index (χ2v) is 15.3. The quantitative estimate of drug-likeness (QED) is 0.0282. The molecule has 53 heavy (non-hydrogen) atoms. The fourth-order valence-electron chi connectivity index (χ4n) is 6.64. The molecule has 314 valence electrons. The van der Waals surface area contributed by atoms with Crippen LogP contribution < -0.4 is 0 Å². The van der Waals surface area contributed by atoms with E-state index in [2.05, 4.69) is 34.6 Å². The number of esters is 3. The molecule has 1 unspecified atom stereocenters. The van der Waals surface area contributed by atoms with Crippen LogP contribution in [0, 0.1) is 17.8 Å². The average molecular weight is 757 g/mol. The molecule has 0 amide bonds. The molecular weight excluding hydrogens is 672 g/mol. The summed E-state index contributed by atoms with van der Waals surface area (Å²) in [7, 11) is 0. The third-order valence-electron chi connectivity index (χ3n) is 9.89. The molecule has 1 atom stereocenters. The zero-order valence-corrected chi connectivity index (χ0v) is 35.2. The van der Waals surface area contributed by atoms with E-state index in [1.807, 2.05) is 0 Å². The molecule has 9 nitrogen and oxygen atoms in total. The van der Waals surface area contributed by atoms with Crippen LogP contribution in [0.25, 0.3) is 0 Å². The topological polar surface area (TPSA) is 118 Å². The predicted octanol–water partition coefficient (Wildman–Crippen LogP) is 11.1. The van der Waals surface area contributed by atoms with E-state index >= 15 is 0 Å². The second-order valence-electron chi connectivity index (χ2n) is 15.3. The third-order valence-corrected chi connectivity index (χ3v) is 9.89. The summed E-state index contributed by atoms with van der Waals surface area (Å²) in [4.78, 5) is 36.6. The Morgan fingerprint density at radius 1 is 0.415 bits per heavy atom. The minimum absolute atomic E-state index is 0.0243. The Morgan fingerprint density at radius 2 is 0.811 bits per heavy atom. The molecule has 0 aliphatic rings. The maximum atomic E-state index is 12.5. The summed E-state index contributed by atoms with van der Waals surface area (Å²) in [5, 5.41) is 9.74. The van der Waals surface area contributed by atoms with Crippen LogP contribution in [0.1, 0.15) is 202 Å². The van der Waals surface area contributed by atoms with E-state index in [0.717, 1.165) is 116 Å². The van der Waals surface area contributed by atoms with E-state index in [1.165, 1.54) is 25.7 Å². The Hall–Kier alpha value is -1.71. The van der Waals surface area contributed by atoms with Crippen LogP contribution in [0.15, 0.2) is 0 Å². The molecule has 0 spiro atoms. The number of hydrogen-bond donors (Lipinski definition) is 1. The fourth-order valence-corrected chi connectivity index (χ4v) is 6.64. The minimum atomic E-state index is -0.440. The molecule has 0 fully saturated rings. The maximum absolute atomic E-state index is 12.5. The van der Waals surface area contributed by atoms with Crippen LogP contribution in [0.3, 0.4) is 0 Å². The van der Waals surface area contributed by atoms with Gasteiger partial charge in [-0.15, -0.1) is 0 Å². The molecule has 9 heteroatoms. The van der Waals surface area contributed by atoms with Gasteiger partial charge in [0.2, 0.25) is 0 Å². The van der Waals surface area contributed by atoms with Gasteiger partial charge in [-0.3, -0.25) is 14.4 Å². The van der Waals surface area contributed by atoms with Crippen LogP contribution in [0.2, 0.25) is 0 Å². The number of aliphatic hydroxyl groups is 1. The van der Waals surface area contributed by atoms with Crippen LogP contribution >= 0.6 is 0 Å². The first-order valence-corrected chi connectivity index (χ1v) is 22.1. The second kappa shape index (κ2) is 38.6. The lowest BCUT2D eigenvalue weighted by atomic mass is 9.99. The monoisotopic (exact) mass is 757 g/mol. The van der Waals surface area contributed by atoms with Crippen molar-refractivity contribution in [2.45, 2.75) is 208 Å². The number of carbonyl (C=O) groups excluding carboxylic acids is 3. The van der Waals surface area contributed by atoms with Crippen LogP contribution in [0.5, 0.6) is 0 Å². The first kappa shape index (κ1) is 51.3. The van der Waals surface area contributed by atoms with Gasteiger partial charge in [0.25, 0.3) is 0 Å². The van der Waals surface area contributed by atoms with E-state index in [9.17, 15) is 19.5 Å². The van der Waals surface area contributed by atoms with Gasteiger partial charge in [0.1, 0.15) is 0 Å². The SMILES string of the molecule is CCCCCCCCOC(=O)CCCCCCCCC(=O)OCC(CO)COC(=O)CCCCC(OCC(CCC)CCC)OCC(CCC)CCC. The standard InChI is InChI=1S/C44H84O9/c1-6-11-12-13-18-23-32-49-41(46)28-19-16-14-15-17-20-29-42(47)50-36-40(33-45)37-51-43(48)30-21-22-31-44(52-34-38(24-7-2)25-8-3)53-35-39(26-9-4)27-10-5/h38-40,44-45H,6-37H2,1-5H3. The molecule has 0 bridgehead atoms. The molecule has 0 aliphatic carbocycles.